The highest BCUT2D eigenvalue weighted by Gasteiger charge is 2.30. The summed E-state index contributed by atoms with van der Waals surface area (Å²) in [7, 11) is 0. The number of halogens is 3. The molecular weight excluding hydrogens is 283 g/mol. The molecule has 0 bridgehead atoms. The summed E-state index contributed by atoms with van der Waals surface area (Å²) in [6.45, 7) is 6.31. The fourth-order valence-corrected chi connectivity index (χ4v) is 1.61. The van der Waals surface area contributed by atoms with Gasteiger partial charge in [-0.25, -0.2) is 0 Å². The monoisotopic (exact) mass is 299 g/mol. The summed E-state index contributed by atoms with van der Waals surface area (Å²) < 4.78 is 43.4. The van der Waals surface area contributed by atoms with E-state index in [2.05, 4.69) is 15.5 Å². The van der Waals surface area contributed by atoms with Crippen LogP contribution in [0, 0.1) is 0 Å². The summed E-state index contributed by atoms with van der Waals surface area (Å²) in [5.74, 6) is 0.407. The third-order valence-electron chi connectivity index (χ3n) is 2.67. The molecule has 1 aromatic heterocycles. The van der Waals surface area contributed by atoms with E-state index in [1.54, 1.807) is 0 Å². The van der Waals surface area contributed by atoms with Crippen LogP contribution in [0.25, 0.3) is 11.5 Å². The average molecular weight is 299 g/mol. The summed E-state index contributed by atoms with van der Waals surface area (Å²) in [6.07, 6.45) is -4.40. The van der Waals surface area contributed by atoms with Gasteiger partial charge in [0.25, 0.3) is 0 Å². The van der Waals surface area contributed by atoms with E-state index < -0.39 is 11.7 Å². The van der Waals surface area contributed by atoms with Crippen molar-refractivity contribution in [1.82, 2.24) is 15.5 Å². The van der Waals surface area contributed by atoms with Gasteiger partial charge in [-0.1, -0.05) is 6.07 Å². The van der Waals surface area contributed by atoms with E-state index in [1.807, 2.05) is 20.8 Å². The van der Waals surface area contributed by atoms with Crippen LogP contribution in [0.2, 0.25) is 0 Å². The Kier molecular flexibility index (Phi) is 4.04. The zero-order valence-corrected chi connectivity index (χ0v) is 12.0. The van der Waals surface area contributed by atoms with Crippen LogP contribution in [-0.2, 0) is 12.7 Å². The first-order valence-corrected chi connectivity index (χ1v) is 6.40. The standard InChI is InChI=1S/C14H16F3N3O/c1-13(2,3)18-8-11-19-20-12(21-11)9-5-4-6-10(7-9)14(15,16)17/h4-7,18H,8H2,1-3H3. The van der Waals surface area contributed by atoms with Gasteiger partial charge in [0.1, 0.15) is 0 Å². The van der Waals surface area contributed by atoms with Crippen molar-refractivity contribution in [3.05, 3.63) is 35.7 Å². The molecular formula is C14H16F3N3O. The van der Waals surface area contributed by atoms with Crippen LogP contribution >= 0.6 is 0 Å². The number of hydrogen-bond acceptors (Lipinski definition) is 4. The predicted molar refractivity (Wildman–Crippen MR) is 71.3 cm³/mol. The van der Waals surface area contributed by atoms with Crippen molar-refractivity contribution >= 4 is 0 Å². The number of aromatic nitrogens is 2. The third kappa shape index (κ3) is 4.29. The van der Waals surface area contributed by atoms with Gasteiger partial charge in [-0.3, -0.25) is 0 Å². The Bertz CT molecular complexity index is 614. The van der Waals surface area contributed by atoms with Crippen LogP contribution in [0.15, 0.2) is 28.7 Å². The zero-order valence-electron chi connectivity index (χ0n) is 12.0. The topological polar surface area (TPSA) is 51.0 Å². The van der Waals surface area contributed by atoms with Crippen LogP contribution in [-0.4, -0.2) is 15.7 Å². The third-order valence-corrected chi connectivity index (χ3v) is 2.67. The Morgan fingerprint density at radius 3 is 2.48 bits per heavy atom. The highest BCUT2D eigenvalue weighted by atomic mass is 19.4. The molecule has 0 aliphatic carbocycles. The van der Waals surface area contributed by atoms with E-state index in [1.165, 1.54) is 12.1 Å². The lowest BCUT2D eigenvalue weighted by atomic mass is 10.1. The highest BCUT2D eigenvalue weighted by Crippen LogP contribution is 2.31. The Hall–Kier alpha value is -1.89. The van der Waals surface area contributed by atoms with Crippen molar-refractivity contribution in [3.63, 3.8) is 0 Å². The quantitative estimate of drug-likeness (QED) is 0.940. The Labute approximate surface area is 120 Å². The van der Waals surface area contributed by atoms with E-state index in [0.29, 0.717) is 12.4 Å². The van der Waals surface area contributed by atoms with Gasteiger partial charge in [0, 0.05) is 11.1 Å². The lowest BCUT2D eigenvalue weighted by molar-refractivity contribution is -0.137. The van der Waals surface area contributed by atoms with Gasteiger partial charge in [0.15, 0.2) is 0 Å². The second-order valence-corrected chi connectivity index (χ2v) is 5.68. The number of nitrogens with zero attached hydrogens (tertiary/aromatic N) is 2. The van der Waals surface area contributed by atoms with E-state index in [4.69, 9.17) is 4.42 Å². The summed E-state index contributed by atoms with van der Waals surface area (Å²) >= 11 is 0. The summed E-state index contributed by atoms with van der Waals surface area (Å²) in [5, 5.41) is 10.8. The normalized spacial score (nSPS) is 12.7. The van der Waals surface area contributed by atoms with Gasteiger partial charge < -0.3 is 9.73 Å². The largest absolute Gasteiger partial charge is 0.419 e. The molecule has 21 heavy (non-hydrogen) atoms. The molecule has 0 radical (unpaired) electrons. The van der Waals surface area contributed by atoms with Crippen LogP contribution in [0.1, 0.15) is 32.2 Å². The SMILES string of the molecule is CC(C)(C)NCc1nnc(-c2cccc(C(F)(F)F)c2)o1. The van der Waals surface area contributed by atoms with Crippen molar-refractivity contribution in [2.24, 2.45) is 0 Å². The van der Waals surface area contributed by atoms with Gasteiger partial charge in [-0.15, -0.1) is 10.2 Å². The van der Waals surface area contributed by atoms with Crippen molar-refractivity contribution in [2.45, 2.75) is 39.0 Å². The predicted octanol–water partition coefficient (Wildman–Crippen LogP) is 3.64. The minimum atomic E-state index is -4.40. The second kappa shape index (κ2) is 5.48. The lowest BCUT2D eigenvalue weighted by Gasteiger charge is -2.18. The second-order valence-electron chi connectivity index (χ2n) is 5.68. The van der Waals surface area contributed by atoms with Crippen molar-refractivity contribution in [3.8, 4) is 11.5 Å². The van der Waals surface area contributed by atoms with E-state index >= 15 is 0 Å². The Morgan fingerprint density at radius 1 is 1.14 bits per heavy atom. The molecule has 0 aliphatic heterocycles. The maximum absolute atomic E-state index is 12.7. The summed E-state index contributed by atoms with van der Waals surface area (Å²) in [5.41, 5.74) is -0.614. The molecule has 2 aromatic rings. The maximum Gasteiger partial charge on any atom is 0.416 e. The number of rotatable bonds is 3. The van der Waals surface area contributed by atoms with Crippen molar-refractivity contribution in [1.29, 1.82) is 0 Å². The average Bonchev–Trinajstić information content (AvgIpc) is 2.83. The molecule has 114 valence electrons. The minimum Gasteiger partial charge on any atom is -0.419 e. The fraction of sp³-hybridized carbons (Fsp3) is 0.429. The number of hydrogen-bond donors (Lipinski definition) is 1. The molecule has 0 atom stereocenters. The molecule has 2 rings (SSSR count). The lowest BCUT2D eigenvalue weighted by Crippen LogP contribution is -2.35. The molecule has 7 heteroatoms. The van der Waals surface area contributed by atoms with Crippen molar-refractivity contribution < 1.29 is 17.6 Å². The molecule has 0 saturated heterocycles. The minimum absolute atomic E-state index is 0.0757. The first-order chi connectivity index (χ1) is 9.65. The summed E-state index contributed by atoms with van der Waals surface area (Å²) in [4.78, 5) is 0. The van der Waals surface area contributed by atoms with Crippen LogP contribution in [0.4, 0.5) is 13.2 Å². The van der Waals surface area contributed by atoms with E-state index in [0.717, 1.165) is 12.1 Å². The van der Waals surface area contributed by atoms with Gasteiger partial charge in [0.2, 0.25) is 11.8 Å². The number of benzene rings is 1. The molecule has 0 fully saturated rings. The van der Waals surface area contributed by atoms with Gasteiger partial charge in [-0.2, -0.15) is 13.2 Å². The van der Waals surface area contributed by atoms with Crippen molar-refractivity contribution in [2.75, 3.05) is 0 Å². The Balaban J connectivity index is 2.18. The maximum atomic E-state index is 12.7. The van der Waals surface area contributed by atoms with Crippen LogP contribution < -0.4 is 5.32 Å². The Morgan fingerprint density at radius 2 is 1.86 bits per heavy atom. The number of nitrogens with one attached hydrogen (secondary N) is 1. The van der Waals surface area contributed by atoms with Crippen LogP contribution in [0.3, 0.4) is 0 Å². The molecule has 1 aromatic carbocycles. The van der Waals surface area contributed by atoms with Gasteiger partial charge >= 0.3 is 6.18 Å². The fourth-order valence-electron chi connectivity index (χ4n) is 1.61. The van der Waals surface area contributed by atoms with E-state index in [9.17, 15) is 13.2 Å². The van der Waals surface area contributed by atoms with Gasteiger partial charge in [0.05, 0.1) is 12.1 Å². The molecule has 1 heterocycles. The van der Waals surface area contributed by atoms with E-state index in [-0.39, 0.29) is 17.0 Å². The zero-order chi connectivity index (χ0) is 15.7. The van der Waals surface area contributed by atoms with Gasteiger partial charge in [-0.05, 0) is 39.0 Å². The first-order valence-electron chi connectivity index (χ1n) is 6.40. The molecule has 0 spiro atoms. The van der Waals surface area contributed by atoms with Crippen LogP contribution in [0.5, 0.6) is 0 Å². The molecule has 4 nitrogen and oxygen atoms in total. The highest BCUT2D eigenvalue weighted by molar-refractivity contribution is 5.54. The molecule has 1 N–H and O–H groups in total. The molecule has 0 amide bonds. The summed E-state index contributed by atoms with van der Waals surface area (Å²) in [6, 6.07) is 4.82. The molecule has 0 aliphatic rings. The molecule has 0 unspecified atom stereocenters. The smallest absolute Gasteiger partial charge is 0.416 e. The molecule has 0 saturated carbocycles. The number of alkyl halides is 3. The first kappa shape index (κ1) is 15.5.